The van der Waals surface area contributed by atoms with Crippen molar-refractivity contribution in [2.75, 3.05) is 43.6 Å². The summed E-state index contributed by atoms with van der Waals surface area (Å²) in [5.74, 6) is 0. The first-order chi connectivity index (χ1) is 12.0. The van der Waals surface area contributed by atoms with Gasteiger partial charge in [-0.25, -0.2) is 4.79 Å². The van der Waals surface area contributed by atoms with E-state index in [2.05, 4.69) is 44.7 Å². The summed E-state index contributed by atoms with van der Waals surface area (Å²) in [7, 11) is 4.09. The number of carbonyl (C=O) groups excluding carboxylic acids is 1. The molecule has 3 N–H and O–H groups in total. The van der Waals surface area contributed by atoms with Gasteiger partial charge in [0.15, 0.2) is 0 Å². The highest BCUT2D eigenvalue weighted by molar-refractivity contribution is 5.74. The molecule has 25 heavy (non-hydrogen) atoms. The zero-order chi connectivity index (χ0) is 18.2. The van der Waals surface area contributed by atoms with Crippen LogP contribution in [-0.2, 0) is 0 Å². The summed E-state index contributed by atoms with van der Waals surface area (Å²) < 4.78 is 0. The Morgan fingerprint density at radius 1 is 1.28 bits per heavy atom. The van der Waals surface area contributed by atoms with Gasteiger partial charge in [-0.1, -0.05) is 0 Å². The minimum atomic E-state index is -0.0979. The van der Waals surface area contributed by atoms with Crippen LogP contribution in [0.15, 0.2) is 24.3 Å². The number of amides is 2. The summed E-state index contributed by atoms with van der Waals surface area (Å²) in [4.78, 5) is 16.5. The van der Waals surface area contributed by atoms with E-state index >= 15 is 0 Å². The molecule has 1 aliphatic rings. The van der Waals surface area contributed by atoms with Gasteiger partial charge in [0, 0.05) is 57.3 Å². The highest BCUT2D eigenvalue weighted by Gasteiger charge is 2.21. The number of piperidine rings is 1. The van der Waals surface area contributed by atoms with Crippen LogP contribution in [0.1, 0.15) is 32.6 Å². The van der Waals surface area contributed by atoms with Crippen molar-refractivity contribution < 1.29 is 9.90 Å². The molecule has 0 saturated carbocycles. The molecular weight excluding hydrogens is 316 g/mol. The molecule has 1 fully saturated rings. The summed E-state index contributed by atoms with van der Waals surface area (Å²) >= 11 is 0. The molecule has 2 amide bonds. The molecule has 2 rings (SSSR count). The minimum Gasteiger partial charge on any atom is -0.396 e. The van der Waals surface area contributed by atoms with Crippen molar-refractivity contribution in [2.45, 2.75) is 44.7 Å². The van der Waals surface area contributed by atoms with Crippen LogP contribution < -0.4 is 20.4 Å². The Balaban J connectivity index is 1.74. The molecule has 1 heterocycles. The fourth-order valence-corrected chi connectivity index (χ4v) is 3.16. The van der Waals surface area contributed by atoms with Crippen molar-refractivity contribution in [2.24, 2.45) is 0 Å². The Morgan fingerprint density at radius 2 is 1.92 bits per heavy atom. The van der Waals surface area contributed by atoms with Crippen LogP contribution in [0.4, 0.5) is 16.2 Å². The zero-order valence-electron chi connectivity index (χ0n) is 15.7. The number of rotatable bonds is 7. The molecule has 140 valence electrons. The summed E-state index contributed by atoms with van der Waals surface area (Å²) in [5.41, 5.74) is 2.44. The molecule has 0 aliphatic carbocycles. The standard InChI is InChI=1S/C19H32N4O2/c1-15(5-4-14-24)20-19(25)21-16-10-12-23(13-11-16)18-8-6-17(7-9-18)22(2)3/h6-9,15-16,24H,4-5,10-14H2,1-3H3,(H2,20,21,25). The maximum Gasteiger partial charge on any atom is 0.315 e. The number of hydrogen-bond donors (Lipinski definition) is 3. The predicted molar refractivity (Wildman–Crippen MR) is 103 cm³/mol. The average molecular weight is 348 g/mol. The second-order valence-electron chi connectivity index (χ2n) is 7.06. The molecule has 0 spiro atoms. The molecule has 1 aromatic carbocycles. The van der Waals surface area contributed by atoms with Gasteiger partial charge in [0.25, 0.3) is 0 Å². The molecule has 0 radical (unpaired) electrons. The van der Waals surface area contributed by atoms with Crippen molar-refractivity contribution >= 4 is 17.4 Å². The van der Waals surface area contributed by atoms with E-state index in [1.54, 1.807) is 0 Å². The number of benzene rings is 1. The molecule has 1 atom stereocenters. The monoisotopic (exact) mass is 348 g/mol. The maximum atomic E-state index is 12.0. The largest absolute Gasteiger partial charge is 0.396 e. The molecule has 0 bridgehead atoms. The molecule has 6 nitrogen and oxygen atoms in total. The van der Waals surface area contributed by atoms with Crippen LogP contribution in [0.3, 0.4) is 0 Å². The average Bonchev–Trinajstić information content (AvgIpc) is 2.60. The van der Waals surface area contributed by atoms with E-state index in [0.717, 1.165) is 32.4 Å². The second-order valence-corrected chi connectivity index (χ2v) is 7.06. The Labute approximate surface area is 151 Å². The second kappa shape index (κ2) is 9.51. The zero-order valence-corrected chi connectivity index (χ0v) is 15.7. The first kappa shape index (κ1) is 19.4. The van der Waals surface area contributed by atoms with Gasteiger partial charge in [0.05, 0.1) is 0 Å². The highest BCUT2D eigenvalue weighted by Crippen LogP contribution is 2.23. The van der Waals surface area contributed by atoms with Crippen LogP contribution in [0.5, 0.6) is 0 Å². The van der Waals surface area contributed by atoms with E-state index in [4.69, 9.17) is 5.11 Å². The molecule has 1 unspecified atom stereocenters. The van der Waals surface area contributed by atoms with E-state index in [9.17, 15) is 4.79 Å². The molecule has 6 heteroatoms. The number of aliphatic hydroxyl groups excluding tert-OH is 1. The Morgan fingerprint density at radius 3 is 2.48 bits per heavy atom. The van der Waals surface area contributed by atoms with Crippen LogP contribution in [-0.4, -0.2) is 57.0 Å². The SMILES string of the molecule is CC(CCCO)NC(=O)NC1CCN(c2ccc(N(C)C)cc2)CC1. The molecule has 1 aliphatic heterocycles. The van der Waals surface area contributed by atoms with Crippen molar-refractivity contribution in [1.82, 2.24) is 10.6 Å². The van der Waals surface area contributed by atoms with Crippen molar-refractivity contribution in [3.8, 4) is 0 Å². The predicted octanol–water partition coefficient (Wildman–Crippen LogP) is 2.18. The third-order valence-electron chi connectivity index (χ3n) is 4.73. The smallest absolute Gasteiger partial charge is 0.315 e. The number of hydrogen-bond acceptors (Lipinski definition) is 4. The number of anilines is 2. The lowest BCUT2D eigenvalue weighted by Gasteiger charge is -2.34. The summed E-state index contributed by atoms with van der Waals surface area (Å²) in [6.07, 6.45) is 3.42. The first-order valence-electron chi connectivity index (χ1n) is 9.20. The number of carbonyl (C=O) groups is 1. The van der Waals surface area contributed by atoms with E-state index in [1.807, 2.05) is 21.0 Å². The van der Waals surface area contributed by atoms with Gasteiger partial charge in [-0.2, -0.15) is 0 Å². The van der Waals surface area contributed by atoms with E-state index in [0.29, 0.717) is 6.42 Å². The summed E-state index contributed by atoms with van der Waals surface area (Å²) in [5, 5.41) is 14.9. The highest BCUT2D eigenvalue weighted by atomic mass is 16.3. The van der Waals surface area contributed by atoms with Crippen molar-refractivity contribution in [1.29, 1.82) is 0 Å². The van der Waals surface area contributed by atoms with E-state index in [-0.39, 0.29) is 24.7 Å². The van der Waals surface area contributed by atoms with Gasteiger partial charge < -0.3 is 25.5 Å². The third kappa shape index (κ3) is 6.12. The number of nitrogens with one attached hydrogen (secondary N) is 2. The maximum absolute atomic E-state index is 12.0. The Hall–Kier alpha value is -1.95. The van der Waals surface area contributed by atoms with Gasteiger partial charge >= 0.3 is 6.03 Å². The van der Waals surface area contributed by atoms with Gasteiger partial charge in [-0.15, -0.1) is 0 Å². The lowest BCUT2D eigenvalue weighted by molar-refractivity contribution is 0.228. The molecule has 1 saturated heterocycles. The topological polar surface area (TPSA) is 67.8 Å². The Bertz CT molecular complexity index is 525. The van der Waals surface area contributed by atoms with Crippen LogP contribution in [0.2, 0.25) is 0 Å². The van der Waals surface area contributed by atoms with Gasteiger partial charge in [0.1, 0.15) is 0 Å². The Kier molecular flexibility index (Phi) is 7.37. The number of urea groups is 1. The normalized spacial score (nSPS) is 16.4. The fourth-order valence-electron chi connectivity index (χ4n) is 3.16. The third-order valence-corrected chi connectivity index (χ3v) is 4.73. The summed E-state index contributed by atoms with van der Waals surface area (Å²) in [6, 6.07) is 8.82. The quantitative estimate of drug-likeness (QED) is 0.706. The molecule has 1 aromatic rings. The molecule has 0 aromatic heterocycles. The van der Waals surface area contributed by atoms with E-state index < -0.39 is 0 Å². The first-order valence-corrected chi connectivity index (χ1v) is 9.20. The van der Waals surface area contributed by atoms with Crippen molar-refractivity contribution in [3.63, 3.8) is 0 Å². The fraction of sp³-hybridized carbons (Fsp3) is 0.632. The number of aliphatic hydroxyl groups is 1. The van der Waals surface area contributed by atoms with Gasteiger partial charge in [-0.05, 0) is 56.9 Å². The summed E-state index contributed by atoms with van der Waals surface area (Å²) in [6.45, 7) is 4.04. The van der Waals surface area contributed by atoms with Crippen LogP contribution >= 0.6 is 0 Å². The van der Waals surface area contributed by atoms with Crippen LogP contribution in [0.25, 0.3) is 0 Å². The van der Waals surface area contributed by atoms with Crippen molar-refractivity contribution in [3.05, 3.63) is 24.3 Å². The van der Waals surface area contributed by atoms with Gasteiger partial charge in [0.2, 0.25) is 0 Å². The van der Waals surface area contributed by atoms with E-state index in [1.165, 1.54) is 11.4 Å². The molecular formula is C19H32N4O2. The minimum absolute atomic E-state index is 0.0856. The van der Waals surface area contributed by atoms with Crippen LogP contribution in [0, 0.1) is 0 Å². The lowest BCUT2D eigenvalue weighted by Crippen LogP contribution is -2.49. The lowest BCUT2D eigenvalue weighted by atomic mass is 10.0. The van der Waals surface area contributed by atoms with Gasteiger partial charge in [-0.3, -0.25) is 0 Å². The number of nitrogens with zero attached hydrogens (tertiary/aromatic N) is 2.